The van der Waals surface area contributed by atoms with Crippen molar-refractivity contribution in [2.24, 2.45) is 11.3 Å². The van der Waals surface area contributed by atoms with E-state index in [1.165, 1.54) is 25.0 Å². The Morgan fingerprint density at radius 2 is 1.74 bits per heavy atom. The molecule has 7 rings (SSSR count). The van der Waals surface area contributed by atoms with Crippen molar-refractivity contribution in [3.05, 3.63) is 83.3 Å². The molecule has 1 amide bonds. The number of carbonyl (C=O) groups excluding carboxylic acids is 1. The molecule has 1 saturated carbocycles. The van der Waals surface area contributed by atoms with Gasteiger partial charge in [0.25, 0.3) is 15.9 Å². The van der Waals surface area contributed by atoms with Crippen molar-refractivity contribution >= 4 is 27.7 Å². The smallest absolute Gasteiger partial charge is 0.264 e. The minimum atomic E-state index is -4.17. The average molecular weight is 696 g/mol. The number of nitrogens with zero attached hydrogens (tertiary/aromatic N) is 6. The number of aromatic nitrogens is 4. The highest BCUT2D eigenvalue weighted by molar-refractivity contribution is 7.92. The highest BCUT2D eigenvalue weighted by Crippen LogP contribution is 2.40. The van der Waals surface area contributed by atoms with Crippen LogP contribution in [0.5, 0.6) is 5.88 Å². The molecule has 2 fully saturated rings. The number of carbonyl (C=O) groups is 1. The Labute approximate surface area is 294 Å². The summed E-state index contributed by atoms with van der Waals surface area (Å²) >= 11 is 0. The van der Waals surface area contributed by atoms with Gasteiger partial charge < -0.3 is 14.5 Å². The number of fused-ring (bicyclic) bond motifs is 5. The minimum Gasteiger partial charge on any atom is -0.475 e. The van der Waals surface area contributed by atoms with Crippen LogP contribution in [-0.4, -0.2) is 64.4 Å². The second-order valence-corrected chi connectivity index (χ2v) is 16.8. The summed E-state index contributed by atoms with van der Waals surface area (Å²) in [5.41, 5.74) is 4.09. The lowest BCUT2D eigenvalue weighted by Crippen LogP contribution is -2.45. The van der Waals surface area contributed by atoms with Crippen LogP contribution in [0.2, 0.25) is 0 Å². The molecule has 4 aromatic rings. The first-order valence-corrected chi connectivity index (χ1v) is 18.9. The number of sulfonamides is 1. The molecule has 262 valence electrons. The number of hydrogen-bond acceptors (Lipinski definition) is 9. The van der Waals surface area contributed by atoms with Crippen molar-refractivity contribution < 1.29 is 17.9 Å². The van der Waals surface area contributed by atoms with Crippen LogP contribution in [0.15, 0.2) is 65.8 Å². The molecule has 0 radical (unpaired) electrons. The highest BCUT2D eigenvalue weighted by Gasteiger charge is 2.38. The standard InChI is InChI=1S/C38H45N7O4S/c1-24-9-6-10-25(2)35(24)31-18-34-42-37(41-31)43-50(47,48)30-13-7-12-27(17-30)36(46)45(29(23-49-34)19-38(3,4)5)22-28-20-39-21-33(40-28)44-16-15-26-11-8-14-32(26)44/h6-7,9-10,12-13,17-18,20-21,26,29,32H,8,11,14-16,19,22-23H2,1-5H3,(H,41,42,43)/t26-,29+,32-/m0/s1. The maximum atomic E-state index is 14.6. The van der Waals surface area contributed by atoms with Crippen molar-refractivity contribution in [3.8, 4) is 17.1 Å². The summed E-state index contributed by atoms with van der Waals surface area (Å²) in [6.45, 7) is 11.6. The third-order valence-corrected chi connectivity index (χ3v) is 11.4. The van der Waals surface area contributed by atoms with E-state index in [4.69, 9.17) is 9.72 Å². The van der Waals surface area contributed by atoms with Crippen molar-refractivity contribution in [1.82, 2.24) is 24.8 Å². The zero-order valence-electron chi connectivity index (χ0n) is 29.4. The number of rotatable bonds is 5. The van der Waals surface area contributed by atoms with E-state index >= 15 is 0 Å². The molecule has 2 aromatic heterocycles. The van der Waals surface area contributed by atoms with Crippen LogP contribution < -0.4 is 14.4 Å². The SMILES string of the molecule is Cc1cccc(C)c1-c1cc2nc(n1)NS(=O)(=O)c1cccc(c1)C(=O)N(Cc1cncc(N3CC[C@@H]4CCC[C@@H]43)n1)[C@H](CC(C)(C)C)CO2. The predicted molar refractivity (Wildman–Crippen MR) is 193 cm³/mol. The molecule has 3 atom stereocenters. The van der Waals surface area contributed by atoms with E-state index in [-0.39, 0.29) is 46.8 Å². The van der Waals surface area contributed by atoms with Gasteiger partial charge >= 0.3 is 0 Å². The van der Waals surface area contributed by atoms with E-state index in [9.17, 15) is 13.2 Å². The predicted octanol–water partition coefficient (Wildman–Crippen LogP) is 6.57. The van der Waals surface area contributed by atoms with Crippen LogP contribution >= 0.6 is 0 Å². The molecule has 12 heteroatoms. The third-order valence-electron chi connectivity index (χ3n) is 10.1. The van der Waals surface area contributed by atoms with Gasteiger partial charge in [0.2, 0.25) is 11.8 Å². The van der Waals surface area contributed by atoms with Gasteiger partial charge in [0.15, 0.2) is 0 Å². The fourth-order valence-electron chi connectivity index (χ4n) is 7.85. The van der Waals surface area contributed by atoms with Crippen LogP contribution in [0.3, 0.4) is 0 Å². The first-order chi connectivity index (χ1) is 23.8. The molecule has 50 heavy (non-hydrogen) atoms. The lowest BCUT2D eigenvalue weighted by Gasteiger charge is -2.35. The maximum absolute atomic E-state index is 14.6. The largest absolute Gasteiger partial charge is 0.475 e. The molecule has 4 heterocycles. The quantitative estimate of drug-likeness (QED) is 0.246. The summed E-state index contributed by atoms with van der Waals surface area (Å²) in [4.78, 5) is 37.4. The molecule has 11 nitrogen and oxygen atoms in total. The summed E-state index contributed by atoms with van der Waals surface area (Å²) in [5, 5.41) is 0. The van der Waals surface area contributed by atoms with Crippen molar-refractivity contribution in [2.45, 2.75) is 90.2 Å². The Kier molecular flexibility index (Phi) is 9.00. The van der Waals surface area contributed by atoms with Crippen molar-refractivity contribution in [2.75, 3.05) is 22.8 Å². The van der Waals surface area contributed by atoms with Gasteiger partial charge in [-0.1, -0.05) is 51.5 Å². The number of amides is 1. The second kappa shape index (κ2) is 13.3. The lowest BCUT2D eigenvalue weighted by atomic mass is 9.87. The highest BCUT2D eigenvalue weighted by atomic mass is 32.2. The van der Waals surface area contributed by atoms with E-state index in [1.54, 1.807) is 29.3 Å². The third kappa shape index (κ3) is 7.03. The Morgan fingerprint density at radius 1 is 0.960 bits per heavy atom. The molecular weight excluding hydrogens is 651 g/mol. The normalized spacial score (nSPS) is 21.8. The Bertz CT molecular complexity index is 2010. The molecule has 1 N–H and O–H groups in total. The van der Waals surface area contributed by atoms with Gasteiger partial charge in [-0.25, -0.2) is 23.1 Å². The van der Waals surface area contributed by atoms with Crippen molar-refractivity contribution in [3.63, 3.8) is 0 Å². The van der Waals surface area contributed by atoms with Gasteiger partial charge in [-0.15, -0.1) is 0 Å². The van der Waals surface area contributed by atoms with Crippen LogP contribution in [-0.2, 0) is 16.6 Å². The Balaban J connectivity index is 1.31. The fraction of sp³-hybridized carbons (Fsp3) is 0.447. The Morgan fingerprint density at radius 3 is 2.52 bits per heavy atom. The summed E-state index contributed by atoms with van der Waals surface area (Å²) < 4.78 is 36.5. The first kappa shape index (κ1) is 33.9. The molecule has 2 aliphatic heterocycles. The van der Waals surface area contributed by atoms with Gasteiger partial charge in [-0.2, -0.15) is 4.98 Å². The zero-order valence-corrected chi connectivity index (χ0v) is 30.2. The van der Waals surface area contributed by atoms with Gasteiger partial charge in [-0.3, -0.25) is 9.78 Å². The maximum Gasteiger partial charge on any atom is 0.264 e. The number of nitrogens with one attached hydrogen (secondary N) is 1. The Hall–Kier alpha value is -4.58. The topological polar surface area (TPSA) is 131 Å². The molecule has 1 aliphatic carbocycles. The van der Waals surface area contributed by atoms with Gasteiger partial charge in [0, 0.05) is 29.8 Å². The number of anilines is 2. The second-order valence-electron chi connectivity index (χ2n) is 15.1. The van der Waals surface area contributed by atoms with Crippen LogP contribution in [0.4, 0.5) is 11.8 Å². The van der Waals surface area contributed by atoms with E-state index in [0.717, 1.165) is 41.9 Å². The zero-order chi connectivity index (χ0) is 35.2. The minimum absolute atomic E-state index is 0.0691. The molecular formula is C38H45N7O4S. The van der Waals surface area contributed by atoms with Gasteiger partial charge in [0.1, 0.15) is 12.4 Å². The van der Waals surface area contributed by atoms with E-state index in [1.807, 2.05) is 38.2 Å². The number of ether oxygens (including phenoxy) is 1. The number of aryl methyl sites for hydroxylation is 2. The van der Waals surface area contributed by atoms with E-state index < -0.39 is 16.1 Å². The summed E-state index contributed by atoms with van der Waals surface area (Å²) in [5.74, 6) is 1.31. The summed E-state index contributed by atoms with van der Waals surface area (Å²) in [6, 6.07) is 13.8. The van der Waals surface area contributed by atoms with Gasteiger partial charge in [-0.05, 0) is 80.2 Å². The molecule has 1 saturated heterocycles. The first-order valence-electron chi connectivity index (χ1n) is 17.4. The summed E-state index contributed by atoms with van der Waals surface area (Å²) in [7, 11) is -4.17. The van der Waals surface area contributed by atoms with Gasteiger partial charge in [0.05, 0.1) is 41.3 Å². The number of hydrogen-bond donors (Lipinski definition) is 1. The molecule has 4 bridgehead atoms. The molecule has 3 aliphatic rings. The molecule has 2 aromatic carbocycles. The fourth-order valence-corrected chi connectivity index (χ4v) is 8.84. The van der Waals surface area contributed by atoms with Crippen LogP contribution in [0.25, 0.3) is 11.3 Å². The van der Waals surface area contributed by atoms with Crippen molar-refractivity contribution in [1.29, 1.82) is 0 Å². The van der Waals surface area contributed by atoms with E-state index in [0.29, 0.717) is 29.8 Å². The van der Waals surface area contributed by atoms with E-state index in [2.05, 4.69) is 45.3 Å². The average Bonchev–Trinajstić information content (AvgIpc) is 3.69. The van der Waals surface area contributed by atoms with Crippen LogP contribution in [0, 0.1) is 25.2 Å². The molecule has 0 unspecified atom stereocenters. The summed E-state index contributed by atoms with van der Waals surface area (Å²) in [6.07, 6.45) is 8.96. The molecule has 0 spiro atoms. The van der Waals surface area contributed by atoms with Crippen LogP contribution in [0.1, 0.15) is 80.1 Å². The monoisotopic (exact) mass is 695 g/mol. The number of benzene rings is 2. The lowest BCUT2D eigenvalue weighted by molar-refractivity contribution is 0.0509.